The van der Waals surface area contributed by atoms with Crippen molar-refractivity contribution in [3.63, 3.8) is 0 Å². The summed E-state index contributed by atoms with van der Waals surface area (Å²) in [6, 6.07) is 25.4. The van der Waals surface area contributed by atoms with Crippen LogP contribution in [0.1, 0.15) is 35.2 Å². The highest BCUT2D eigenvalue weighted by Crippen LogP contribution is 2.25. The number of alkyl carbamates (subject to hydrolysis) is 1. The van der Waals surface area contributed by atoms with Crippen molar-refractivity contribution in [3.05, 3.63) is 107 Å². The minimum atomic E-state index is -1.59. The van der Waals surface area contributed by atoms with Crippen LogP contribution in [0.15, 0.2) is 84.9 Å². The van der Waals surface area contributed by atoms with E-state index < -0.39 is 24.2 Å². The van der Waals surface area contributed by atoms with Crippen molar-refractivity contribution in [2.24, 2.45) is 0 Å². The minimum Gasteiger partial charge on any atom is -0.464 e. The number of nitrogens with one attached hydrogen (secondary N) is 1. The van der Waals surface area contributed by atoms with Crippen molar-refractivity contribution >= 4 is 12.1 Å². The molecule has 2 N–H and O–H groups in total. The van der Waals surface area contributed by atoms with Crippen LogP contribution in [0.5, 0.6) is 0 Å². The molecule has 166 valence electrons. The number of carbonyl (C=O) groups is 2. The topological polar surface area (TPSA) is 84.9 Å². The van der Waals surface area contributed by atoms with Gasteiger partial charge in [0.15, 0.2) is 6.10 Å². The fourth-order valence-corrected chi connectivity index (χ4v) is 3.40. The smallest absolute Gasteiger partial charge is 0.408 e. The predicted octanol–water partition coefficient (Wildman–Crippen LogP) is 4.17. The van der Waals surface area contributed by atoms with Crippen LogP contribution in [0.4, 0.5) is 4.79 Å². The number of hydrogen-bond acceptors (Lipinski definition) is 5. The van der Waals surface area contributed by atoms with Crippen molar-refractivity contribution in [2.75, 3.05) is 6.61 Å². The van der Waals surface area contributed by atoms with Crippen LogP contribution < -0.4 is 5.32 Å². The Hall–Kier alpha value is -3.64. The summed E-state index contributed by atoms with van der Waals surface area (Å²) in [5.74, 6) is -0.810. The highest BCUT2D eigenvalue weighted by atomic mass is 16.6. The van der Waals surface area contributed by atoms with Gasteiger partial charge in [-0.1, -0.05) is 84.9 Å². The number of rotatable bonds is 9. The van der Waals surface area contributed by atoms with E-state index in [2.05, 4.69) is 5.32 Å². The third-order valence-corrected chi connectivity index (χ3v) is 4.96. The van der Waals surface area contributed by atoms with Gasteiger partial charge in [0.25, 0.3) is 0 Å². The molecule has 0 aromatic heterocycles. The van der Waals surface area contributed by atoms with Gasteiger partial charge in [-0.3, -0.25) is 0 Å². The Kier molecular flexibility index (Phi) is 8.40. The summed E-state index contributed by atoms with van der Waals surface area (Å²) in [5, 5.41) is 13.4. The summed E-state index contributed by atoms with van der Waals surface area (Å²) in [4.78, 5) is 24.9. The molecule has 0 heterocycles. The summed E-state index contributed by atoms with van der Waals surface area (Å²) in [6.07, 6.45) is -1.75. The van der Waals surface area contributed by atoms with E-state index >= 15 is 0 Å². The predicted molar refractivity (Wildman–Crippen MR) is 121 cm³/mol. The van der Waals surface area contributed by atoms with E-state index in [0.717, 1.165) is 16.7 Å². The summed E-state index contributed by atoms with van der Waals surface area (Å²) < 4.78 is 10.3. The van der Waals surface area contributed by atoms with Gasteiger partial charge in [-0.05, 0) is 35.6 Å². The molecule has 0 saturated heterocycles. The highest BCUT2D eigenvalue weighted by molar-refractivity contribution is 5.77. The van der Waals surface area contributed by atoms with Crippen LogP contribution in [-0.2, 0) is 27.3 Å². The van der Waals surface area contributed by atoms with Crippen molar-refractivity contribution in [2.45, 2.75) is 32.1 Å². The molecule has 3 aromatic rings. The fourth-order valence-electron chi connectivity index (χ4n) is 3.40. The Morgan fingerprint density at radius 2 is 1.44 bits per heavy atom. The van der Waals surface area contributed by atoms with Crippen LogP contribution in [0, 0.1) is 0 Å². The molecule has 0 bridgehead atoms. The molecule has 0 radical (unpaired) electrons. The van der Waals surface area contributed by atoms with E-state index in [1.165, 1.54) is 0 Å². The lowest BCUT2D eigenvalue weighted by molar-refractivity contribution is -0.154. The molecule has 2 atom stereocenters. The van der Waals surface area contributed by atoms with Gasteiger partial charge in [-0.2, -0.15) is 0 Å². The first-order valence-electron chi connectivity index (χ1n) is 10.5. The zero-order chi connectivity index (χ0) is 22.8. The molecule has 0 unspecified atom stereocenters. The molecule has 1 amide bonds. The number of esters is 1. The standard InChI is InChI=1S/C26H27NO5/c1-2-31-25(29)24(28)23(27-26(30)32-18-20-13-7-4-8-14-20)22-16-10-9-15-21(22)17-19-11-5-3-6-12-19/h3-16,23-24,28H,2,17-18H2,1H3,(H,27,30)/t23-,24+/m0/s1. The molecule has 32 heavy (non-hydrogen) atoms. The number of aliphatic hydroxyl groups is 1. The lowest BCUT2D eigenvalue weighted by atomic mass is 9.92. The lowest BCUT2D eigenvalue weighted by Gasteiger charge is -2.25. The lowest BCUT2D eigenvalue weighted by Crippen LogP contribution is -2.41. The number of hydrogen-bond donors (Lipinski definition) is 2. The molecule has 0 aliphatic rings. The van der Waals surface area contributed by atoms with E-state index in [-0.39, 0.29) is 13.2 Å². The van der Waals surface area contributed by atoms with Crippen molar-refractivity contribution < 1.29 is 24.2 Å². The van der Waals surface area contributed by atoms with E-state index in [9.17, 15) is 14.7 Å². The molecular formula is C26H27NO5. The second-order valence-electron chi connectivity index (χ2n) is 7.24. The van der Waals surface area contributed by atoms with Crippen molar-refractivity contribution in [1.29, 1.82) is 0 Å². The van der Waals surface area contributed by atoms with Gasteiger partial charge in [0, 0.05) is 0 Å². The largest absolute Gasteiger partial charge is 0.464 e. The summed E-state index contributed by atoms with van der Waals surface area (Å²) in [5.41, 5.74) is 3.38. The average Bonchev–Trinajstić information content (AvgIpc) is 2.83. The van der Waals surface area contributed by atoms with Crippen molar-refractivity contribution in [1.82, 2.24) is 5.32 Å². The van der Waals surface area contributed by atoms with Gasteiger partial charge >= 0.3 is 12.1 Å². The van der Waals surface area contributed by atoms with Crippen LogP contribution in [0.3, 0.4) is 0 Å². The summed E-state index contributed by atoms with van der Waals surface area (Å²) in [7, 11) is 0. The molecule has 0 saturated carbocycles. The second-order valence-corrected chi connectivity index (χ2v) is 7.24. The average molecular weight is 434 g/mol. The van der Waals surface area contributed by atoms with Gasteiger partial charge in [0.05, 0.1) is 12.6 Å². The second kappa shape index (κ2) is 11.7. The molecule has 0 aliphatic heterocycles. The molecular weight excluding hydrogens is 406 g/mol. The number of aliphatic hydroxyl groups excluding tert-OH is 1. The summed E-state index contributed by atoms with van der Waals surface area (Å²) in [6.45, 7) is 1.85. The first-order chi connectivity index (χ1) is 15.6. The van der Waals surface area contributed by atoms with Gasteiger partial charge in [-0.25, -0.2) is 9.59 Å². The van der Waals surface area contributed by atoms with Crippen LogP contribution in [0.25, 0.3) is 0 Å². The van der Waals surface area contributed by atoms with Crippen molar-refractivity contribution in [3.8, 4) is 0 Å². The van der Waals surface area contributed by atoms with Gasteiger partial charge in [0.1, 0.15) is 6.61 Å². The monoisotopic (exact) mass is 433 g/mol. The van der Waals surface area contributed by atoms with E-state index in [4.69, 9.17) is 9.47 Å². The zero-order valence-corrected chi connectivity index (χ0v) is 17.9. The van der Waals surface area contributed by atoms with Gasteiger partial charge in [0.2, 0.25) is 0 Å². The molecule has 6 heteroatoms. The maximum atomic E-state index is 12.6. The first-order valence-corrected chi connectivity index (χ1v) is 10.5. The fraction of sp³-hybridized carbons (Fsp3) is 0.231. The quantitative estimate of drug-likeness (QED) is 0.495. The minimum absolute atomic E-state index is 0.0700. The maximum absolute atomic E-state index is 12.6. The van der Waals surface area contributed by atoms with E-state index in [1.807, 2.05) is 72.8 Å². The Bertz CT molecular complexity index is 1010. The highest BCUT2D eigenvalue weighted by Gasteiger charge is 2.32. The SMILES string of the molecule is CCOC(=O)[C@H](O)[C@@H](NC(=O)OCc1ccccc1)c1ccccc1Cc1ccccc1. The maximum Gasteiger partial charge on any atom is 0.408 e. The Morgan fingerprint density at radius 1 is 0.844 bits per heavy atom. The van der Waals surface area contributed by atoms with Crippen LogP contribution >= 0.6 is 0 Å². The normalized spacial score (nSPS) is 12.4. The van der Waals surface area contributed by atoms with Crippen LogP contribution in [-0.4, -0.2) is 29.9 Å². The molecule has 0 aliphatic carbocycles. The molecule has 3 aromatic carbocycles. The van der Waals surface area contributed by atoms with E-state index in [1.54, 1.807) is 19.1 Å². The number of carbonyl (C=O) groups excluding carboxylic acids is 2. The van der Waals surface area contributed by atoms with Gasteiger partial charge < -0.3 is 19.9 Å². The zero-order valence-electron chi connectivity index (χ0n) is 17.9. The number of benzene rings is 3. The van der Waals surface area contributed by atoms with Crippen LogP contribution in [0.2, 0.25) is 0 Å². The van der Waals surface area contributed by atoms with Gasteiger partial charge in [-0.15, -0.1) is 0 Å². The Morgan fingerprint density at radius 3 is 2.09 bits per heavy atom. The molecule has 6 nitrogen and oxygen atoms in total. The molecule has 0 fully saturated rings. The third-order valence-electron chi connectivity index (χ3n) is 4.96. The van der Waals surface area contributed by atoms with E-state index in [0.29, 0.717) is 12.0 Å². The Labute approximate surface area is 187 Å². The Balaban J connectivity index is 1.83. The number of amides is 1. The first kappa shape index (κ1) is 23.0. The third kappa shape index (κ3) is 6.43. The molecule has 0 spiro atoms. The molecule has 3 rings (SSSR count). The number of ether oxygens (including phenoxy) is 2. The summed E-state index contributed by atoms with van der Waals surface area (Å²) >= 11 is 0.